The average Bonchev–Trinajstić information content (AvgIpc) is 3.10. The SMILES string of the molecule is CN(C)CCn1c(SCc2ccccc2C#N)nc2c(sc3ccccc32)c1=O.Cl. The van der Waals surface area contributed by atoms with Crippen LogP contribution in [0.3, 0.4) is 0 Å². The number of nitriles is 1. The molecule has 30 heavy (non-hydrogen) atoms. The molecule has 154 valence electrons. The van der Waals surface area contributed by atoms with Gasteiger partial charge in [0.25, 0.3) is 5.56 Å². The highest BCUT2D eigenvalue weighted by Gasteiger charge is 2.17. The van der Waals surface area contributed by atoms with Crippen molar-refractivity contribution in [3.05, 3.63) is 70.0 Å². The fourth-order valence-electron chi connectivity index (χ4n) is 3.16. The van der Waals surface area contributed by atoms with E-state index in [-0.39, 0.29) is 18.0 Å². The number of fused-ring (bicyclic) bond motifs is 3. The van der Waals surface area contributed by atoms with E-state index in [1.54, 1.807) is 4.57 Å². The average molecular weight is 457 g/mol. The molecule has 0 aliphatic rings. The van der Waals surface area contributed by atoms with Crippen LogP contribution >= 0.6 is 35.5 Å². The van der Waals surface area contributed by atoms with Gasteiger partial charge in [0.15, 0.2) is 5.16 Å². The Morgan fingerprint density at radius 3 is 2.67 bits per heavy atom. The van der Waals surface area contributed by atoms with Gasteiger partial charge in [0, 0.05) is 28.9 Å². The molecule has 0 unspecified atom stereocenters. The minimum Gasteiger partial charge on any atom is -0.308 e. The van der Waals surface area contributed by atoms with Gasteiger partial charge in [-0.05, 0) is 31.8 Å². The second-order valence-electron chi connectivity index (χ2n) is 6.99. The molecule has 0 aliphatic carbocycles. The highest BCUT2D eigenvalue weighted by Crippen LogP contribution is 2.32. The summed E-state index contributed by atoms with van der Waals surface area (Å²) in [6.07, 6.45) is 0. The molecule has 0 fully saturated rings. The molecule has 0 bridgehead atoms. The van der Waals surface area contributed by atoms with Crippen LogP contribution in [0.1, 0.15) is 11.1 Å². The molecule has 0 N–H and O–H groups in total. The number of nitrogens with zero attached hydrogens (tertiary/aromatic N) is 4. The Hall–Kier alpha value is -2.37. The molecule has 2 aromatic heterocycles. The van der Waals surface area contributed by atoms with Gasteiger partial charge in [0.1, 0.15) is 4.70 Å². The van der Waals surface area contributed by atoms with Crippen LogP contribution in [0.4, 0.5) is 0 Å². The van der Waals surface area contributed by atoms with Gasteiger partial charge in [-0.3, -0.25) is 9.36 Å². The highest BCUT2D eigenvalue weighted by molar-refractivity contribution is 7.98. The molecule has 0 aliphatic heterocycles. The summed E-state index contributed by atoms with van der Waals surface area (Å²) in [5.41, 5.74) is 2.38. The molecule has 2 aromatic carbocycles. The van der Waals surface area contributed by atoms with E-state index in [4.69, 9.17) is 4.98 Å². The van der Waals surface area contributed by atoms with Crippen LogP contribution < -0.4 is 5.56 Å². The second kappa shape index (κ2) is 9.63. The Balaban J connectivity index is 0.00000256. The molecule has 0 amide bonds. The van der Waals surface area contributed by atoms with Gasteiger partial charge in [-0.25, -0.2) is 4.98 Å². The molecule has 0 radical (unpaired) electrons. The summed E-state index contributed by atoms with van der Waals surface area (Å²) in [6, 6.07) is 17.8. The standard InChI is InChI=1S/C22H20N4OS2.ClH/c1-25(2)11-12-26-21(27)20-19(17-9-5-6-10-18(17)29-20)24-22(26)28-14-16-8-4-3-7-15(16)13-23;/h3-10H,11-12,14H2,1-2H3;1H. The van der Waals surface area contributed by atoms with E-state index in [2.05, 4.69) is 11.0 Å². The van der Waals surface area contributed by atoms with Crippen LogP contribution in [0.15, 0.2) is 58.5 Å². The van der Waals surface area contributed by atoms with E-state index < -0.39 is 0 Å². The lowest BCUT2D eigenvalue weighted by atomic mass is 10.1. The third-order valence-corrected chi connectivity index (χ3v) is 6.89. The number of hydrogen-bond donors (Lipinski definition) is 0. The maximum Gasteiger partial charge on any atom is 0.272 e. The first-order valence-corrected chi connectivity index (χ1v) is 11.1. The van der Waals surface area contributed by atoms with Crippen molar-refractivity contribution >= 4 is 55.8 Å². The molecule has 5 nitrogen and oxygen atoms in total. The van der Waals surface area contributed by atoms with Crippen LogP contribution in [0, 0.1) is 11.3 Å². The number of hydrogen-bond acceptors (Lipinski definition) is 6. The van der Waals surface area contributed by atoms with Crippen LogP contribution in [0.2, 0.25) is 0 Å². The number of thiophene rings is 1. The summed E-state index contributed by atoms with van der Waals surface area (Å²) in [6.45, 7) is 1.32. The largest absolute Gasteiger partial charge is 0.308 e. The summed E-state index contributed by atoms with van der Waals surface area (Å²) >= 11 is 3.01. The van der Waals surface area contributed by atoms with Gasteiger partial charge in [-0.1, -0.05) is 48.2 Å². The number of aromatic nitrogens is 2. The summed E-state index contributed by atoms with van der Waals surface area (Å²) in [5.74, 6) is 0.589. The Bertz CT molecular complexity index is 1290. The van der Waals surface area contributed by atoms with E-state index >= 15 is 0 Å². The molecular weight excluding hydrogens is 436 g/mol. The van der Waals surface area contributed by atoms with Crippen LogP contribution in [0.5, 0.6) is 0 Å². The first kappa shape index (κ1) is 22.3. The van der Waals surface area contributed by atoms with E-state index in [0.717, 1.165) is 27.7 Å². The first-order valence-electron chi connectivity index (χ1n) is 9.26. The topological polar surface area (TPSA) is 61.9 Å². The van der Waals surface area contributed by atoms with Crippen molar-refractivity contribution in [2.75, 3.05) is 20.6 Å². The zero-order valence-electron chi connectivity index (χ0n) is 16.7. The van der Waals surface area contributed by atoms with Gasteiger partial charge in [-0.2, -0.15) is 5.26 Å². The quantitative estimate of drug-likeness (QED) is 0.309. The third kappa shape index (κ3) is 4.37. The molecule has 0 spiro atoms. The monoisotopic (exact) mass is 456 g/mol. The Kier molecular flexibility index (Phi) is 7.16. The van der Waals surface area contributed by atoms with Crippen molar-refractivity contribution in [2.24, 2.45) is 0 Å². The summed E-state index contributed by atoms with van der Waals surface area (Å²) in [7, 11) is 3.98. The van der Waals surface area contributed by atoms with Crippen molar-refractivity contribution in [2.45, 2.75) is 17.5 Å². The number of halogens is 1. The fourth-order valence-corrected chi connectivity index (χ4v) is 5.27. The molecule has 4 rings (SSSR count). The van der Waals surface area contributed by atoms with E-state index in [1.165, 1.54) is 23.1 Å². The predicted molar refractivity (Wildman–Crippen MR) is 128 cm³/mol. The fraction of sp³-hybridized carbons (Fsp3) is 0.227. The number of thioether (sulfide) groups is 1. The Labute approximate surface area is 189 Å². The number of rotatable bonds is 6. The van der Waals surface area contributed by atoms with Crippen molar-refractivity contribution in [1.29, 1.82) is 5.26 Å². The minimum absolute atomic E-state index is 0. The minimum atomic E-state index is 0. The number of likely N-dealkylation sites (N-methyl/N-ethyl adjacent to an activating group) is 1. The first-order chi connectivity index (χ1) is 14.1. The highest BCUT2D eigenvalue weighted by atomic mass is 35.5. The summed E-state index contributed by atoms with van der Waals surface area (Å²) < 4.78 is 3.55. The molecule has 8 heteroatoms. The van der Waals surface area contributed by atoms with Gasteiger partial charge in [0.05, 0.1) is 17.1 Å². The molecular formula is C22H21ClN4OS2. The molecule has 0 saturated heterocycles. The lowest BCUT2D eigenvalue weighted by Gasteiger charge is -2.15. The maximum absolute atomic E-state index is 13.3. The zero-order chi connectivity index (χ0) is 20.4. The molecule has 0 atom stereocenters. The second-order valence-corrected chi connectivity index (χ2v) is 8.98. The van der Waals surface area contributed by atoms with Gasteiger partial charge >= 0.3 is 0 Å². The van der Waals surface area contributed by atoms with Gasteiger partial charge in [-0.15, -0.1) is 23.7 Å². The molecule has 2 heterocycles. The van der Waals surface area contributed by atoms with Crippen molar-refractivity contribution in [3.8, 4) is 6.07 Å². The normalized spacial score (nSPS) is 11.0. The molecule has 0 saturated carbocycles. The van der Waals surface area contributed by atoms with Crippen LogP contribution in [-0.4, -0.2) is 35.1 Å². The van der Waals surface area contributed by atoms with E-state index in [1.807, 2.05) is 62.6 Å². The third-order valence-electron chi connectivity index (χ3n) is 4.71. The van der Waals surface area contributed by atoms with E-state index in [0.29, 0.717) is 27.7 Å². The zero-order valence-corrected chi connectivity index (χ0v) is 19.1. The smallest absolute Gasteiger partial charge is 0.272 e. The molecule has 4 aromatic rings. The number of benzene rings is 2. The van der Waals surface area contributed by atoms with Crippen molar-refractivity contribution in [3.63, 3.8) is 0 Å². The lowest BCUT2D eigenvalue weighted by Crippen LogP contribution is -2.28. The van der Waals surface area contributed by atoms with Gasteiger partial charge < -0.3 is 4.90 Å². The van der Waals surface area contributed by atoms with Crippen LogP contribution in [-0.2, 0) is 12.3 Å². The van der Waals surface area contributed by atoms with Crippen molar-refractivity contribution < 1.29 is 0 Å². The van der Waals surface area contributed by atoms with Crippen molar-refractivity contribution in [1.82, 2.24) is 14.5 Å². The van der Waals surface area contributed by atoms with Crippen LogP contribution in [0.25, 0.3) is 20.3 Å². The maximum atomic E-state index is 13.3. The Morgan fingerprint density at radius 1 is 1.17 bits per heavy atom. The van der Waals surface area contributed by atoms with Gasteiger partial charge in [0.2, 0.25) is 0 Å². The Morgan fingerprint density at radius 2 is 1.90 bits per heavy atom. The van der Waals surface area contributed by atoms with E-state index in [9.17, 15) is 10.1 Å². The summed E-state index contributed by atoms with van der Waals surface area (Å²) in [4.78, 5) is 20.3. The summed E-state index contributed by atoms with van der Waals surface area (Å²) in [5, 5.41) is 11.1. The predicted octanol–water partition coefficient (Wildman–Crippen LogP) is 4.76. The lowest BCUT2D eigenvalue weighted by molar-refractivity contribution is 0.371.